The molecule has 1 aliphatic heterocycles. The zero-order valence-electron chi connectivity index (χ0n) is 24.7. The Balaban J connectivity index is 0.829. The second kappa shape index (κ2) is 10.6. The molecule has 2 heterocycles. The Morgan fingerprint density at radius 2 is 1.60 bits per heavy atom. The van der Waals surface area contributed by atoms with Gasteiger partial charge in [0.05, 0.1) is 17.2 Å². The summed E-state index contributed by atoms with van der Waals surface area (Å²) in [6.07, 6.45) is 11.7. The number of imidazole rings is 1. The number of nitrogens with one attached hydrogen (secondary N) is 3. The maximum atomic E-state index is 9.56. The molecular weight excluding hydrogens is 516 g/mol. The van der Waals surface area contributed by atoms with E-state index in [4.69, 9.17) is 4.98 Å². The molecule has 42 heavy (non-hydrogen) atoms. The molecule has 8 rings (SSSR count). The summed E-state index contributed by atoms with van der Waals surface area (Å²) in [6.45, 7) is 5.03. The Labute approximate surface area is 250 Å². The van der Waals surface area contributed by atoms with Gasteiger partial charge in [-0.3, -0.25) is 0 Å². The molecule has 5 aliphatic rings. The first kappa shape index (κ1) is 26.6. The Bertz CT molecular complexity index is 1460. The molecule has 0 amide bonds. The van der Waals surface area contributed by atoms with Crippen LogP contribution in [0.3, 0.4) is 0 Å². The summed E-state index contributed by atoms with van der Waals surface area (Å²) in [5.74, 6) is 2.90. The van der Waals surface area contributed by atoms with E-state index in [0.717, 1.165) is 52.0 Å². The van der Waals surface area contributed by atoms with Crippen LogP contribution in [0.2, 0.25) is 0 Å². The van der Waals surface area contributed by atoms with E-state index in [1.54, 1.807) is 0 Å². The fourth-order valence-corrected chi connectivity index (χ4v) is 7.75. The van der Waals surface area contributed by atoms with Crippen LogP contribution >= 0.6 is 0 Å². The Morgan fingerprint density at radius 1 is 0.857 bits per heavy atom. The molecule has 4 aliphatic carbocycles. The number of hydrogen-bond donors (Lipinski definition) is 3. The molecule has 218 valence electrons. The van der Waals surface area contributed by atoms with Crippen molar-refractivity contribution in [1.82, 2.24) is 25.5 Å². The van der Waals surface area contributed by atoms with Crippen molar-refractivity contribution in [1.29, 1.82) is 5.26 Å². The van der Waals surface area contributed by atoms with Crippen LogP contribution in [0, 0.1) is 22.2 Å². The molecule has 3 aromatic rings. The molecule has 5 atom stereocenters. The lowest BCUT2D eigenvalue weighted by Gasteiger charge is -2.35. The lowest BCUT2D eigenvalue weighted by atomic mass is 9.70. The summed E-state index contributed by atoms with van der Waals surface area (Å²) in [6, 6.07) is 24.0. The first-order valence-electron chi connectivity index (χ1n) is 16.4. The first-order chi connectivity index (χ1) is 20.6. The van der Waals surface area contributed by atoms with Gasteiger partial charge in [-0.1, -0.05) is 61.0 Å². The van der Waals surface area contributed by atoms with Crippen LogP contribution in [0.15, 0.2) is 60.8 Å². The van der Waals surface area contributed by atoms with Crippen molar-refractivity contribution in [3.63, 3.8) is 0 Å². The van der Waals surface area contributed by atoms with Gasteiger partial charge in [-0.2, -0.15) is 5.26 Å². The zero-order chi connectivity index (χ0) is 28.1. The van der Waals surface area contributed by atoms with Crippen LogP contribution in [0.25, 0.3) is 0 Å². The molecule has 6 heteroatoms. The number of benzene rings is 2. The van der Waals surface area contributed by atoms with Crippen molar-refractivity contribution in [3.8, 4) is 6.07 Å². The summed E-state index contributed by atoms with van der Waals surface area (Å²) in [7, 11) is 0. The second-order valence-corrected chi connectivity index (χ2v) is 14.2. The normalized spacial score (nSPS) is 29.4. The van der Waals surface area contributed by atoms with E-state index in [9.17, 15) is 5.26 Å². The van der Waals surface area contributed by atoms with Gasteiger partial charge in [-0.15, -0.1) is 0 Å². The maximum Gasteiger partial charge on any atom is 0.116 e. The summed E-state index contributed by atoms with van der Waals surface area (Å²) in [5, 5.41) is 21.0. The van der Waals surface area contributed by atoms with Gasteiger partial charge in [0.1, 0.15) is 5.82 Å². The molecule has 2 aromatic carbocycles. The zero-order valence-corrected chi connectivity index (χ0v) is 24.7. The van der Waals surface area contributed by atoms with Crippen LogP contribution in [-0.4, -0.2) is 41.3 Å². The van der Waals surface area contributed by atoms with Crippen molar-refractivity contribution >= 4 is 0 Å². The second-order valence-electron chi connectivity index (χ2n) is 14.2. The van der Waals surface area contributed by atoms with Gasteiger partial charge in [0.15, 0.2) is 0 Å². The molecule has 4 saturated carbocycles. The summed E-state index contributed by atoms with van der Waals surface area (Å²) in [5.41, 5.74) is 6.00. The number of hydrogen-bond acceptors (Lipinski definition) is 5. The van der Waals surface area contributed by atoms with E-state index in [1.807, 2.05) is 0 Å². The van der Waals surface area contributed by atoms with Gasteiger partial charge in [0, 0.05) is 68.8 Å². The first-order valence-corrected chi connectivity index (χ1v) is 16.4. The van der Waals surface area contributed by atoms with Crippen molar-refractivity contribution in [2.24, 2.45) is 10.8 Å². The summed E-state index contributed by atoms with van der Waals surface area (Å²) in [4.78, 5) is 4.94. The lowest BCUT2D eigenvalue weighted by Crippen LogP contribution is -2.39. The van der Waals surface area contributed by atoms with E-state index in [2.05, 4.69) is 87.4 Å². The average molecular weight is 561 g/mol. The maximum absolute atomic E-state index is 9.56. The highest BCUT2D eigenvalue weighted by atomic mass is 15.1. The fraction of sp³-hybridized carbons (Fsp3) is 0.556. The predicted molar refractivity (Wildman–Crippen MR) is 165 cm³/mol. The fourth-order valence-electron chi connectivity index (χ4n) is 7.75. The van der Waals surface area contributed by atoms with Crippen LogP contribution in [0.1, 0.15) is 97.3 Å². The lowest BCUT2D eigenvalue weighted by molar-refractivity contribution is 0.206. The van der Waals surface area contributed by atoms with Crippen LogP contribution in [-0.2, 0) is 13.1 Å². The summed E-state index contributed by atoms with van der Waals surface area (Å²) >= 11 is 0. The minimum Gasteiger partial charge on any atom is -0.330 e. The van der Waals surface area contributed by atoms with Crippen molar-refractivity contribution in [2.45, 2.75) is 94.3 Å². The monoisotopic (exact) mass is 560 g/mol. The smallest absolute Gasteiger partial charge is 0.116 e. The number of rotatable bonds is 13. The minimum atomic E-state index is -0.0959. The third-order valence-corrected chi connectivity index (χ3v) is 11.2. The van der Waals surface area contributed by atoms with Gasteiger partial charge < -0.3 is 20.5 Å². The average Bonchev–Trinajstić information content (AvgIpc) is 3.95. The highest BCUT2D eigenvalue weighted by Crippen LogP contribution is 2.47. The van der Waals surface area contributed by atoms with E-state index in [1.165, 1.54) is 60.3 Å². The molecule has 1 unspecified atom stereocenters. The van der Waals surface area contributed by atoms with E-state index in [-0.39, 0.29) is 5.41 Å². The number of aromatic nitrogens is 2. The Hall–Kier alpha value is -2.98. The third kappa shape index (κ3) is 5.21. The number of fused-ring (bicyclic) bond motifs is 1. The van der Waals surface area contributed by atoms with Crippen LogP contribution in [0.4, 0.5) is 0 Å². The van der Waals surface area contributed by atoms with Gasteiger partial charge in [0.25, 0.3) is 0 Å². The van der Waals surface area contributed by atoms with Crippen molar-refractivity contribution in [2.75, 3.05) is 19.6 Å². The topological polar surface area (TPSA) is 77.7 Å². The largest absolute Gasteiger partial charge is 0.330 e. The van der Waals surface area contributed by atoms with Crippen molar-refractivity contribution < 1.29 is 0 Å². The number of nitrogens with zero attached hydrogens (tertiary/aromatic N) is 3. The molecule has 0 bridgehead atoms. The van der Waals surface area contributed by atoms with Gasteiger partial charge >= 0.3 is 0 Å². The molecule has 0 spiro atoms. The molecular formula is C36H44N6. The third-order valence-electron chi connectivity index (χ3n) is 11.2. The van der Waals surface area contributed by atoms with E-state index < -0.39 is 0 Å². The van der Waals surface area contributed by atoms with Crippen LogP contribution in [0.5, 0.6) is 0 Å². The van der Waals surface area contributed by atoms with Gasteiger partial charge in [0.2, 0.25) is 0 Å². The minimum absolute atomic E-state index is 0.0959. The SMILES string of the molecule is N#CC1(CN[C@H]2C[C@@H]2c2cccc(C3CCn4c(CNCC5(CN[C@H]6C[C@@H]6c6ccccc6)CC5)cnc43)c2)CCC1. The van der Waals surface area contributed by atoms with Gasteiger partial charge in [-0.05, 0) is 67.1 Å². The molecule has 1 aromatic heterocycles. The predicted octanol–water partition coefficient (Wildman–Crippen LogP) is 5.57. The van der Waals surface area contributed by atoms with E-state index >= 15 is 0 Å². The quantitative estimate of drug-likeness (QED) is 0.255. The van der Waals surface area contributed by atoms with Gasteiger partial charge in [-0.25, -0.2) is 4.98 Å². The standard InChI is InChI=1S/C36H44N6/c37-21-35(11-5-12-35)23-40-33-18-31(33)27-9-4-8-26(16-27)29-10-15-42-28(20-39-34(29)42)19-38-22-36(13-14-36)24-41-32-17-30(32)25-6-2-1-3-7-25/h1-4,6-9,16,20,29-33,38,40-41H,5,10-15,17-19,22-24H2/t29?,30-,31-,32+,33+/m1/s1. The van der Waals surface area contributed by atoms with E-state index in [0.29, 0.717) is 35.3 Å². The highest BCUT2D eigenvalue weighted by molar-refractivity contribution is 5.37. The van der Waals surface area contributed by atoms with Crippen LogP contribution < -0.4 is 16.0 Å². The molecule has 3 N–H and O–H groups in total. The Kier molecular flexibility index (Phi) is 6.74. The highest BCUT2D eigenvalue weighted by Gasteiger charge is 2.46. The molecule has 0 radical (unpaired) electrons. The molecule has 6 nitrogen and oxygen atoms in total. The molecule has 4 fully saturated rings. The number of nitriles is 1. The Morgan fingerprint density at radius 3 is 2.33 bits per heavy atom. The molecule has 0 saturated heterocycles. The van der Waals surface area contributed by atoms with Crippen molar-refractivity contribution in [3.05, 3.63) is 89.0 Å². The summed E-state index contributed by atoms with van der Waals surface area (Å²) < 4.78 is 2.47.